The molecule has 138 valence electrons. The van der Waals surface area contributed by atoms with Crippen molar-refractivity contribution >= 4 is 30.2 Å². The molecule has 0 unspecified atom stereocenters. The van der Waals surface area contributed by atoms with Crippen LogP contribution in [0.1, 0.15) is 13.8 Å². The highest BCUT2D eigenvalue weighted by atomic mass is 35.5. The monoisotopic (exact) mass is 378 g/mol. The van der Waals surface area contributed by atoms with E-state index in [4.69, 9.17) is 9.47 Å². The van der Waals surface area contributed by atoms with Crippen LogP contribution < -0.4 is 5.32 Å². The van der Waals surface area contributed by atoms with Gasteiger partial charge >= 0.3 is 11.9 Å². The fourth-order valence-electron chi connectivity index (χ4n) is 1.84. The van der Waals surface area contributed by atoms with Gasteiger partial charge in [-0.05, 0) is 32.0 Å². The van der Waals surface area contributed by atoms with Gasteiger partial charge in [-0.25, -0.2) is 19.6 Å². The first-order valence-corrected chi connectivity index (χ1v) is 7.70. The lowest BCUT2D eigenvalue weighted by atomic mass is 10.2. The number of nitrogens with one attached hydrogen (secondary N) is 1. The van der Waals surface area contributed by atoms with Crippen molar-refractivity contribution in [2.24, 2.45) is 0 Å². The molecule has 0 saturated carbocycles. The van der Waals surface area contributed by atoms with Crippen LogP contribution in [0.5, 0.6) is 0 Å². The molecule has 2 rings (SSSR count). The number of ether oxygens (including phenoxy) is 2. The second kappa shape index (κ2) is 10.8. The van der Waals surface area contributed by atoms with Crippen LogP contribution in [0.15, 0.2) is 48.6 Å². The zero-order chi connectivity index (χ0) is 18.1. The minimum atomic E-state index is -0.767. The summed E-state index contributed by atoms with van der Waals surface area (Å²) in [4.78, 5) is 36.2. The number of hydrogen-bond donors (Lipinski definition) is 1. The number of carbonyl (C=O) groups excluding carboxylic acids is 2. The van der Waals surface area contributed by atoms with Crippen molar-refractivity contribution in [3.05, 3.63) is 48.6 Å². The highest BCUT2D eigenvalue weighted by molar-refractivity contribution is 6.14. The predicted molar refractivity (Wildman–Crippen MR) is 97.5 cm³/mol. The van der Waals surface area contributed by atoms with Gasteiger partial charge in [0.25, 0.3) is 0 Å². The van der Waals surface area contributed by atoms with Crippen molar-refractivity contribution in [3.8, 4) is 11.4 Å². The van der Waals surface area contributed by atoms with Crippen molar-refractivity contribution in [2.45, 2.75) is 13.8 Å². The molecule has 2 aromatic rings. The molecular formula is C17H19ClN4O4. The van der Waals surface area contributed by atoms with Gasteiger partial charge in [-0.1, -0.05) is 0 Å². The Kier molecular flexibility index (Phi) is 8.72. The van der Waals surface area contributed by atoms with Crippen molar-refractivity contribution in [1.82, 2.24) is 15.0 Å². The summed E-state index contributed by atoms with van der Waals surface area (Å²) in [5.41, 5.74) is 0.548. The Morgan fingerprint density at radius 1 is 1.04 bits per heavy atom. The van der Waals surface area contributed by atoms with E-state index in [9.17, 15) is 9.59 Å². The Labute approximate surface area is 157 Å². The summed E-state index contributed by atoms with van der Waals surface area (Å²) in [6.07, 6.45) is 6.05. The standard InChI is InChI=1S/C17H18N4O4.ClH/c1-3-24-16(22)13(17(23)25-4-2)11-20-14-7-10-19-15(21-14)12-5-8-18-9-6-12;/h5-11H,3-4H2,1-2H3,(H,19,20,21);1H. The first kappa shape index (κ1) is 21.0. The van der Waals surface area contributed by atoms with Gasteiger partial charge < -0.3 is 14.8 Å². The SMILES string of the molecule is CCOC(=O)C(=CNc1ccnc(-c2ccncc2)n1)C(=O)OCC.Cl. The topological polar surface area (TPSA) is 103 Å². The summed E-state index contributed by atoms with van der Waals surface area (Å²) in [6.45, 7) is 3.60. The van der Waals surface area contributed by atoms with Gasteiger partial charge in [0.15, 0.2) is 11.4 Å². The van der Waals surface area contributed by atoms with E-state index < -0.39 is 11.9 Å². The van der Waals surface area contributed by atoms with Gasteiger partial charge in [-0.3, -0.25) is 4.98 Å². The number of carbonyl (C=O) groups is 2. The fourth-order valence-corrected chi connectivity index (χ4v) is 1.84. The summed E-state index contributed by atoms with van der Waals surface area (Å²) < 4.78 is 9.73. The van der Waals surface area contributed by atoms with Crippen LogP contribution in [0.2, 0.25) is 0 Å². The lowest BCUT2D eigenvalue weighted by molar-refractivity contribution is -0.146. The first-order valence-electron chi connectivity index (χ1n) is 7.70. The largest absolute Gasteiger partial charge is 0.462 e. The minimum absolute atomic E-state index is 0. The molecular weight excluding hydrogens is 360 g/mol. The molecule has 2 heterocycles. The third-order valence-electron chi connectivity index (χ3n) is 2.95. The Hall–Kier alpha value is -3.00. The minimum Gasteiger partial charge on any atom is -0.462 e. The van der Waals surface area contributed by atoms with E-state index in [1.807, 2.05) is 0 Å². The van der Waals surface area contributed by atoms with Crippen molar-refractivity contribution in [1.29, 1.82) is 0 Å². The maximum Gasteiger partial charge on any atom is 0.347 e. The van der Waals surface area contributed by atoms with Gasteiger partial charge in [-0.2, -0.15) is 0 Å². The molecule has 0 spiro atoms. The van der Waals surface area contributed by atoms with Gasteiger partial charge in [0, 0.05) is 30.4 Å². The number of anilines is 1. The quantitative estimate of drug-likeness (QED) is 0.339. The van der Waals surface area contributed by atoms with Gasteiger partial charge in [0.2, 0.25) is 0 Å². The molecule has 0 aliphatic heterocycles. The number of esters is 2. The number of hydrogen-bond acceptors (Lipinski definition) is 8. The molecule has 0 amide bonds. The molecule has 0 fully saturated rings. The van der Waals surface area contributed by atoms with Gasteiger partial charge in [-0.15, -0.1) is 12.4 Å². The van der Waals surface area contributed by atoms with E-state index in [0.717, 1.165) is 5.56 Å². The third-order valence-corrected chi connectivity index (χ3v) is 2.95. The maximum atomic E-state index is 11.9. The van der Waals surface area contributed by atoms with Crippen molar-refractivity contribution in [2.75, 3.05) is 18.5 Å². The first-order chi connectivity index (χ1) is 12.2. The van der Waals surface area contributed by atoms with E-state index in [2.05, 4.69) is 20.3 Å². The zero-order valence-corrected chi connectivity index (χ0v) is 15.2. The number of pyridine rings is 1. The number of aromatic nitrogens is 3. The van der Waals surface area contributed by atoms with Crippen LogP contribution in [0, 0.1) is 0 Å². The predicted octanol–water partition coefficient (Wildman–Crippen LogP) is 2.38. The average molecular weight is 379 g/mol. The van der Waals surface area contributed by atoms with E-state index in [-0.39, 0.29) is 31.2 Å². The Balaban J connectivity index is 0.00000338. The van der Waals surface area contributed by atoms with E-state index in [1.165, 1.54) is 6.20 Å². The molecule has 0 aliphatic carbocycles. The third kappa shape index (κ3) is 5.82. The van der Waals surface area contributed by atoms with Crippen LogP contribution in [0.3, 0.4) is 0 Å². The smallest absolute Gasteiger partial charge is 0.347 e. The summed E-state index contributed by atoms with van der Waals surface area (Å²) in [7, 11) is 0. The molecule has 9 heteroatoms. The lowest BCUT2D eigenvalue weighted by Gasteiger charge is -2.08. The highest BCUT2D eigenvalue weighted by Crippen LogP contribution is 2.15. The fraction of sp³-hybridized carbons (Fsp3) is 0.235. The molecule has 0 aliphatic rings. The van der Waals surface area contributed by atoms with Gasteiger partial charge in [0.1, 0.15) is 5.82 Å². The van der Waals surface area contributed by atoms with E-state index in [0.29, 0.717) is 11.6 Å². The normalized spacial score (nSPS) is 9.46. The highest BCUT2D eigenvalue weighted by Gasteiger charge is 2.21. The van der Waals surface area contributed by atoms with E-state index >= 15 is 0 Å². The Morgan fingerprint density at radius 3 is 2.23 bits per heavy atom. The van der Waals surface area contributed by atoms with Crippen LogP contribution >= 0.6 is 12.4 Å². The molecule has 0 bridgehead atoms. The molecule has 0 radical (unpaired) electrons. The second-order valence-electron chi connectivity index (χ2n) is 4.64. The van der Waals surface area contributed by atoms with Crippen LogP contribution in [-0.4, -0.2) is 40.1 Å². The lowest BCUT2D eigenvalue weighted by Crippen LogP contribution is -2.19. The second-order valence-corrected chi connectivity index (χ2v) is 4.64. The zero-order valence-electron chi connectivity index (χ0n) is 14.3. The van der Waals surface area contributed by atoms with Crippen LogP contribution in [-0.2, 0) is 19.1 Å². The molecule has 0 aromatic carbocycles. The average Bonchev–Trinajstić information content (AvgIpc) is 2.63. The summed E-state index contributed by atoms with van der Waals surface area (Å²) in [5.74, 6) is -0.642. The Morgan fingerprint density at radius 2 is 1.65 bits per heavy atom. The number of rotatable bonds is 7. The van der Waals surface area contributed by atoms with Crippen LogP contribution in [0.4, 0.5) is 5.82 Å². The van der Waals surface area contributed by atoms with Gasteiger partial charge in [0.05, 0.1) is 13.2 Å². The molecule has 0 saturated heterocycles. The molecule has 1 N–H and O–H groups in total. The molecule has 2 aromatic heterocycles. The Bertz CT molecular complexity index is 748. The van der Waals surface area contributed by atoms with Crippen LogP contribution in [0.25, 0.3) is 11.4 Å². The van der Waals surface area contributed by atoms with Crippen molar-refractivity contribution in [3.63, 3.8) is 0 Å². The molecule has 26 heavy (non-hydrogen) atoms. The molecule has 8 nitrogen and oxygen atoms in total. The summed E-state index contributed by atoms with van der Waals surface area (Å²) in [5, 5.41) is 2.80. The maximum absolute atomic E-state index is 11.9. The molecule has 0 atom stereocenters. The summed E-state index contributed by atoms with van der Waals surface area (Å²) >= 11 is 0. The summed E-state index contributed by atoms with van der Waals surface area (Å²) in [6, 6.07) is 5.16. The number of halogens is 1. The van der Waals surface area contributed by atoms with E-state index in [1.54, 1.807) is 50.6 Å². The number of nitrogens with zero attached hydrogens (tertiary/aromatic N) is 3. The van der Waals surface area contributed by atoms with Crippen molar-refractivity contribution < 1.29 is 19.1 Å².